The summed E-state index contributed by atoms with van der Waals surface area (Å²) in [7, 11) is -3.44. The molecule has 0 aromatic heterocycles. The van der Waals surface area contributed by atoms with Crippen molar-refractivity contribution in [3.63, 3.8) is 0 Å². The molecule has 0 spiro atoms. The Labute approximate surface area is 94.6 Å². The van der Waals surface area contributed by atoms with E-state index in [0.29, 0.717) is 5.56 Å². The van der Waals surface area contributed by atoms with Crippen LogP contribution in [-0.2, 0) is 9.84 Å². The Kier molecular flexibility index (Phi) is 3.76. The monoisotopic (exact) mass is 248 g/mol. The number of benzene rings is 1. The summed E-state index contributed by atoms with van der Waals surface area (Å²) in [6.45, 7) is 1.91. The van der Waals surface area contributed by atoms with E-state index in [1.165, 1.54) is 0 Å². The van der Waals surface area contributed by atoms with Crippen molar-refractivity contribution in [2.24, 2.45) is 0 Å². The molecule has 0 aliphatic heterocycles. The largest absolute Gasteiger partial charge is 0.386 e. The molecule has 0 saturated carbocycles. The van der Waals surface area contributed by atoms with Crippen LogP contribution in [0.2, 0.25) is 0 Å². The summed E-state index contributed by atoms with van der Waals surface area (Å²) < 4.78 is 20.9. The maximum absolute atomic E-state index is 11.1. The molecule has 84 valence electrons. The van der Waals surface area contributed by atoms with Gasteiger partial charge in [0.1, 0.15) is 6.10 Å². The summed E-state index contributed by atoms with van der Waals surface area (Å²) >= 11 is 5.64. The van der Waals surface area contributed by atoms with Crippen LogP contribution in [-0.4, -0.2) is 24.5 Å². The van der Waals surface area contributed by atoms with E-state index < -0.39 is 20.7 Å². The van der Waals surface area contributed by atoms with Crippen LogP contribution in [0.15, 0.2) is 24.3 Å². The lowest BCUT2D eigenvalue weighted by Crippen LogP contribution is -2.21. The van der Waals surface area contributed by atoms with Crippen LogP contribution < -0.4 is 0 Å². The van der Waals surface area contributed by atoms with E-state index in [-0.39, 0.29) is 0 Å². The van der Waals surface area contributed by atoms with Gasteiger partial charge in [0.15, 0.2) is 14.5 Å². The highest BCUT2D eigenvalue weighted by atomic mass is 35.5. The Hall–Kier alpha value is -0.580. The molecule has 0 amide bonds. The number of rotatable bonds is 3. The van der Waals surface area contributed by atoms with Crippen molar-refractivity contribution in [2.45, 2.75) is 17.7 Å². The van der Waals surface area contributed by atoms with Gasteiger partial charge in [-0.2, -0.15) is 0 Å². The molecule has 0 saturated heterocycles. The van der Waals surface area contributed by atoms with Gasteiger partial charge in [0.25, 0.3) is 0 Å². The average Bonchev–Trinajstić information content (AvgIpc) is 2.15. The molecular weight excluding hydrogens is 236 g/mol. The minimum atomic E-state index is -3.44. The lowest BCUT2D eigenvalue weighted by Gasteiger charge is -2.15. The number of aryl methyl sites for hydroxylation is 1. The van der Waals surface area contributed by atoms with Crippen LogP contribution in [0.25, 0.3) is 0 Å². The van der Waals surface area contributed by atoms with E-state index in [9.17, 15) is 13.5 Å². The standard InChI is InChI=1S/C10H13ClO3S/c1-7-3-5-8(6-4-7)9(12)10(11)15(2,13)14/h3-6,9-10,12H,1-2H3/t9-,10+/m0/s1. The Balaban J connectivity index is 2.95. The molecule has 5 heteroatoms. The summed E-state index contributed by atoms with van der Waals surface area (Å²) in [6.07, 6.45) is -0.190. The van der Waals surface area contributed by atoms with Crippen LogP contribution in [0.3, 0.4) is 0 Å². The van der Waals surface area contributed by atoms with Crippen LogP contribution in [0.1, 0.15) is 17.2 Å². The quantitative estimate of drug-likeness (QED) is 0.828. The van der Waals surface area contributed by atoms with Crippen molar-refractivity contribution in [2.75, 3.05) is 6.26 Å². The fraction of sp³-hybridized carbons (Fsp3) is 0.400. The Bertz CT molecular complexity index is 424. The van der Waals surface area contributed by atoms with Gasteiger partial charge in [-0.25, -0.2) is 8.42 Å². The minimum absolute atomic E-state index is 0.506. The van der Waals surface area contributed by atoms with E-state index >= 15 is 0 Å². The van der Waals surface area contributed by atoms with Gasteiger partial charge >= 0.3 is 0 Å². The van der Waals surface area contributed by atoms with Crippen molar-refractivity contribution in [1.29, 1.82) is 0 Å². The van der Waals surface area contributed by atoms with Gasteiger partial charge < -0.3 is 5.11 Å². The van der Waals surface area contributed by atoms with Crippen molar-refractivity contribution in [3.05, 3.63) is 35.4 Å². The van der Waals surface area contributed by atoms with Gasteiger partial charge in [0, 0.05) is 6.26 Å². The molecule has 0 bridgehead atoms. The SMILES string of the molecule is Cc1ccc([C@H](O)[C@H](Cl)S(C)(=O)=O)cc1. The van der Waals surface area contributed by atoms with Gasteiger partial charge in [0.2, 0.25) is 0 Å². The van der Waals surface area contributed by atoms with Crippen molar-refractivity contribution < 1.29 is 13.5 Å². The lowest BCUT2D eigenvalue weighted by molar-refractivity contribution is 0.192. The van der Waals surface area contributed by atoms with Gasteiger partial charge in [-0.3, -0.25) is 0 Å². The highest BCUT2D eigenvalue weighted by molar-refractivity contribution is 7.92. The van der Waals surface area contributed by atoms with Crippen molar-refractivity contribution >= 4 is 21.4 Å². The van der Waals surface area contributed by atoms with Gasteiger partial charge in [-0.05, 0) is 12.5 Å². The van der Waals surface area contributed by atoms with Gasteiger partial charge in [-0.1, -0.05) is 29.8 Å². The number of alkyl halides is 1. The first-order valence-electron chi connectivity index (χ1n) is 4.40. The molecule has 1 aromatic rings. The molecule has 2 atom stereocenters. The summed E-state index contributed by atoms with van der Waals surface area (Å²) in [5.74, 6) is 0. The Morgan fingerprint density at radius 1 is 1.27 bits per heavy atom. The second-order valence-electron chi connectivity index (χ2n) is 3.54. The summed E-state index contributed by atoms with van der Waals surface area (Å²) in [5, 5.41) is 9.70. The van der Waals surface area contributed by atoms with E-state index in [1.54, 1.807) is 24.3 Å². The molecular formula is C10H13ClO3S. The number of sulfone groups is 1. The summed E-state index contributed by atoms with van der Waals surface area (Å²) in [6, 6.07) is 6.93. The molecule has 1 rings (SSSR count). The summed E-state index contributed by atoms with van der Waals surface area (Å²) in [5.41, 5.74) is 1.54. The smallest absolute Gasteiger partial charge is 0.167 e. The van der Waals surface area contributed by atoms with Gasteiger partial charge in [0.05, 0.1) is 0 Å². The van der Waals surface area contributed by atoms with Crippen LogP contribution in [0.4, 0.5) is 0 Å². The van der Waals surface area contributed by atoms with E-state index in [2.05, 4.69) is 0 Å². The molecule has 0 radical (unpaired) electrons. The second kappa shape index (κ2) is 4.51. The second-order valence-corrected chi connectivity index (χ2v) is 6.43. The van der Waals surface area contributed by atoms with Crippen LogP contribution >= 0.6 is 11.6 Å². The number of aliphatic hydroxyl groups is 1. The molecule has 1 aromatic carbocycles. The molecule has 0 aliphatic carbocycles. The predicted octanol–water partition coefficient (Wildman–Crippen LogP) is 1.64. The maximum Gasteiger partial charge on any atom is 0.167 e. The molecule has 0 unspecified atom stereocenters. The van der Waals surface area contributed by atoms with Crippen LogP contribution in [0.5, 0.6) is 0 Å². The summed E-state index contributed by atoms with van der Waals surface area (Å²) in [4.78, 5) is 0. The Morgan fingerprint density at radius 3 is 2.13 bits per heavy atom. The highest BCUT2D eigenvalue weighted by Crippen LogP contribution is 2.24. The average molecular weight is 249 g/mol. The highest BCUT2D eigenvalue weighted by Gasteiger charge is 2.27. The fourth-order valence-corrected chi connectivity index (χ4v) is 1.92. The van der Waals surface area contributed by atoms with Crippen LogP contribution in [0, 0.1) is 6.92 Å². The first-order valence-corrected chi connectivity index (χ1v) is 6.79. The zero-order chi connectivity index (χ0) is 11.6. The molecule has 3 nitrogen and oxygen atoms in total. The normalized spacial score (nSPS) is 16.0. The molecule has 1 N–H and O–H groups in total. The van der Waals surface area contributed by atoms with E-state index in [0.717, 1.165) is 11.8 Å². The third-order valence-corrected chi connectivity index (χ3v) is 4.36. The first-order chi connectivity index (χ1) is 6.82. The van der Waals surface area contributed by atoms with Crippen molar-refractivity contribution in [1.82, 2.24) is 0 Å². The van der Waals surface area contributed by atoms with Gasteiger partial charge in [-0.15, -0.1) is 11.6 Å². The number of hydrogen-bond acceptors (Lipinski definition) is 3. The molecule has 0 fully saturated rings. The minimum Gasteiger partial charge on any atom is -0.386 e. The number of aliphatic hydroxyl groups excluding tert-OH is 1. The number of hydrogen-bond donors (Lipinski definition) is 1. The maximum atomic E-state index is 11.1. The third kappa shape index (κ3) is 3.19. The zero-order valence-corrected chi connectivity index (χ0v) is 10.1. The van der Waals surface area contributed by atoms with E-state index in [1.807, 2.05) is 6.92 Å². The molecule has 0 aliphatic rings. The first kappa shape index (κ1) is 12.5. The fourth-order valence-electron chi connectivity index (χ4n) is 1.15. The third-order valence-electron chi connectivity index (χ3n) is 2.08. The topological polar surface area (TPSA) is 54.4 Å². The Morgan fingerprint density at radius 2 is 1.73 bits per heavy atom. The zero-order valence-electron chi connectivity index (χ0n) is 8.51. The number of halogens is 1. The predicted molar refractivity (Wildman–Crippen MR) is 60.6 cm³/mol. The lowest BCUT2D eigenvalue weighted by atomic mass is 10.1. The van der Waals surface area contributed by atoms with E-state index in [4.69, 9.17) is 11.6 Å². The van der Waals surface area contributed by atoms with Crippen molar-refractivity contribution in [3.8, 4) is 0 Å². The molecule has 15 heavy (non-hydrogen) atoms. The molecule has 0 heterocycles.